The molecule has 0 N–H and O–H groups in total. The molecule has 33 heavy (non-hydrogen) atoms. The van der Waals surface area contributed by atoms with E-state index < -0.39 is 33.9 Å². The van der Waals surface area contributed by atoms with Crippen molar-refractivity contribution < 1.29 is 24.0 Å². The van der Waals surface area contributed by atoms with E-state index in [1.165, 1.54) is 23.1 Å². The molecule has 9 heteroatoms. The number of nitrogens with zero attached hydrogens (tertiary/aromatic N) is 2. The van der Waals surface area contributed by atoms with Gasteiger partial charge < -0.3 is 9.64 Å². The van der Waals surface area contributed by atoms with Gasteiger partial charge in [0.1, 0.15) is 0 Å². The first-order valence-electron chi connectivity index (χ1n) is 10.4. The van der Waals surface area contributed by atoms with Gasteiger partial charge in [0.15, 0.2) is 11.2 Å². The maximum Gasteiger partial charge on any atom is 0.311 e. The van der Waals surface area contributed by atoms with Gasteiger partial charge >= 0.3 is 5.97 Å². The van der Waals surface area contributed by atoms with E-state index in [1.807, 2.05) is 0 Å². The first kappa shape index (κ1) is 22.7. The number of carbonyl (C=O) groups excluding carboxylic acids is 3. The number of nitro benzene ring substituents is 1. The van der Waals surface area contributed by atoms with E-state index in [4.69, 9.17) is 16.3 Å². The maximum absolute atomic E-state index is 14.1. The van der Waals surface area contributed by atoms with Crippen molar-refractivity contribution in [2.45, 2.75) is 25.2 Å². The Morgan fingerprint density at radius 3 is 2.67 bits per heavy atom. The fraction of sp³-hybridized carbons (Fsp3) is 0.292. The van der Waals surface area contributed by atoms with E-state index >= 15 is 0 Å². The number of ether oxygens (including phenoxy) is 1. The number of non-ortho nitro benzene ring substituents is 1. The van der Waals surface area contributed by atoms with Crippen molar-refractivity contribution in [2.75, 3.05) is 18.6 Å². The van der Waals surface area contributed by atoms with Gasteiger partial charge in [0.25, 0.3) is 5.69 Å². The summed E-state index contributed by atoms with van der Waals surface area (Å²) in [6, 6.07) is 12.7. The summed E-state index contributed by atoms with van der Waals surface area (Å²) >= 11 is 6.53. The number of para-hydroxylation sites is 1. The lowest BCUT2D eigenvalue weighted by molar-refractivity contribution is -0.384. The van der Waals surface area contributed by atoms with Crippen molar-refractivity contribution in [3.05, 3.63) is 80.4 Å². The van der Waals surface area contributed by atoms with Crippen molar-refractivity contribution in [3.63, 3.8) is 0 Å². The van der Waals surface area contributed by atoms with Crippen LogP contribution < -0.4 is 4.90 Å². The molecule has 0 radical (unpaired) electrons. The quantitative estimate of drug-likeness (QED) is 0.286. The van der Waals surface area contributed by atoms with Gasteiger partial charge in [0.2, 0.25) is 5.91 Å². The zero-order valence-electron chi connectivity index (χ0n) is 18.0. The number of nitro groups is 1. The van der Waals surface area contributed by atoms with E-state index in [9.17, 15) is 24.5 Å². The number of anilines is 1. The lowest BCUT2D eigenvalue weighted by Crippen LogP contribution is -2.56. The van der Waals surface area contributed by atoms with Gasteiger partial charge in [-0.15, -0.1) is 0 Å². The zero-order chi connectivity index (χ0) is 23.9. The molecule has 0 saturated carbocycles. The molecule has 0 bridgehead atoms. The normalized spacial score (nSPS) is 22.0. The molecule has 8 nitrogen and oxygen atoms in total. The Balaban J connectivity index is 1.88. The third kappa shape index (κ3) is 3.41. The zero-order valence-corrected chi connectivity index (χ0v) is 18.8. The molecule has 2 aromatic carbocycles. The van der Waals surface area contributed by atoms with Crippen LogP contribution in [0.15, 0.2) is 59.1 Å². The fourth-order valence-electron chi connectivity index (χ4n) is 4.78. The van der Waals surface area contributed by atoms with Gasteiger partial charge in [-0.1, -0.05) is 41.9 Å². The summed E-state index contributed by atoms with van der Waals surface area (Å²) < 4.78 is 5.24. The molecule has 1 aliphatic carbocycles. The molecule has 1 amide bonds. The molecule has 2 atom stereocenters. The van der Waals surface area contributed by atoms with Crippen LogP contribution in [0, 0.1) is 16.0 Å². The minimum atomic E-state index is -1.80. The number of hydrogen-bond donors (Lipinski definition) is 0. The number of fused-ring (bicyclic) bond motifs is 2. The number of ketones is 1. The van der Waals surface area contributed by atoms with Crippen molar-refractivity contribution in [3.8, 4) is 0 Å². The smallest absolute Gasteiger partial charge is 0.311 e. The standard InChI is InChI=1S/C24H21ClN2O6/c1-3-33-22(29)18-13-19(25)16(12-14-7-6-8-15(11-14)27(31)32)21(28)24(18)17-9-4-5-10-20(17)26(2)23(24)30/h4-11,18H,3,12-13H2,1-2H3. The number of likely N-dealkylation sites (N-methyl/N-ethyl adjacent to an activating group) is 1. The van der Waals surface area contributed by atoms with E-state index in [-0.39, 0.29) is 35.7 Å². The second-order valence-electron chi connectivity index (χ2n) is 8.01. The highest BCUT2D eigenvalue weighted by atomic mass is 35.5. The molecular formula is C24H21ClN2O6. The predicted octanol–water partition coefficient (Wildman–Crippen LogP) is 3.70. The second-order valence-corrected chi connectivity index (χ2v) is 8.47. The molecule has 0 aromatic heterocycles. The number of esters is 1. The number of carbonyl (C=O) groups is 3. The topological polar surface area (TPSA) is 107 Å². The lowest BCUT2D eigenvalue weighted by Gasteiger charge is -2.38. The van der Waals surface area contributed by atoms with Crippen LogP contribution in [0.25, 0.3) is 0 Å². The fourth-order valence-corrected chi connectivity index (χ4v) is 5.09. The van der Waals surface area contributed by atoms with Gasteiger partial charge in [-0.05, 0) is 25.0 Å². The third-order valence-electron chi connectivity index (χ3n) is 6.27. The minimum Gasteiger partial charge on any atom is -0.466 e. The van der Waals surface area contributed by atoms with E-state index in [0.717, 1.165) is 0 Å². The molecule has 170 valence electrons. The van der Waals surface area contributed by atoms with Gasteiger partial charge in [-0.25, -0.2) is 0 Å². The Hall–Kier alpha value is -3.52. The first-order valence-corrected chi connectivity index (χ1v) is 10.8. The average molecular weight is 469 g/mol. The molecule has 2 aromatic rings. The summed E-state index contributed by atoms with van der Waals surface area (Å²) in [5, 5.41) is 11.3. The predicted molar refractivity (Wildman–Crippen MR) is 121 cm³/mol. The van der Waals surface area contributed by atoms with Crippen LogP contribution >= 0.6 is 11.6 Å². The molecule has 1 heterocycles. The number of amides is 1. The number of hydrogen-bond acceptors (Lipinski definition) is 6. The molecule has 0 fully saturated rings. The summed E-state index contributed by atoms with van der Waals surface area (Å²) in [6.45, 7) is 1.74. The van der Waals surface area contributed by atoms with Crippen LogP contribution in [-0.4, -0.2) is 36.2 Å². The third-order valence-corrected chi connectivity index (χ3v) is 6.65. The largest absolute Gasteiger partial charge is 0.466 e. The van der Waals surface area contributed by atoms with Crippen molar-refractivity contribution >= 4 is 40.6 Å². The Kier molecular flexibility index (Phi) is 5.80. The van der Waals surface area contributed by atoms with Crippen molar-refractivity contribution in [2.24, 2.45) is 5.92 Å². The highest BCUT2D eigenvalue weighted by Gasteiger charge is 2.64. The lowest BCUT2D eigenvalue weighted by atomic mass is 9.61. The van der Waals surface area contributed by atoms with Crippen LogP contribution in [0.3, 0.4) is 0 Å². The van der Waals surface area contributed by atoms with E-state index in [1.54, 1.807) is 44.3 Å². The van der Waals surface area contributed by atoms with Crippen LogP contribution in [0.5, 0.6) is 0 Å². The Morgan fingerprint density at radius 2 is 1.97 bits per heavy atom. The number of halogens is 1. The summed E-state index contributed by atoms with van der Waals surface area (Å²) in [4.78, 5) is 52.8. The molecule has 1 aliphatic heterocycles. The minimum absolute atomic E-state index is 0.00416. The van der Waals surface area contributed by atoms with Crippen LogP contribution in [-0.2, 0) is 31.0 Å². The summed E-state index contributed by atoms with van der Waals surface area (Å²) in [5.41, 5.74) is -0.280. The molecule has 2 unspecified atom stereocenters. The summed E-state index contributed by atoms with van der Waals surface area (Å²) in [7, 11) is 1.56. The monoisotopic (exact) mass is 468 g/mol. The van der Waals surface area contributed by atoms with E-state index in [2.05, 4.69) is 0 Å². The first-order chi connectivity index (χ1) is 15.7. The number of benzene rings is 2. The Bertz CT molecular complexity index is 1220. The SMILES string of the molecule is CCOC(=O)C1CC(Cl)=C(Cc2cccc([N+](=O)[O-])c2)C(=O)C12C(=O)N(C)c1ccccc12. The van der Waals surface area contributed by atoms with Gasteiger partial charge in [-0.2, -0.15) is 0 Å². The van der Waals surface area contributed by atoms with Gasteiger partial charge in [0.05, 0.1) is 17.4 Å². The maximum atomic E-state index is 14.1. The van der Waals surface area contributed by atoms with Gasteiger partial charge in [0, 0.05) is 47.5 Å². The molecule has 1 spiro atoms. The molecule has 2 aliphatic rings. The van der Waals surface area contributed by atoms with E-state index in [0.29, 0.717) is 16.8 Å². The number of rotatable bonds is 5. The van der Waals surface area contributed by atoms with Crippen molar-refractivity contribution in [1.29, 1.82) is 0 Å². The highest BCUT2D eigenvalue weighted by Crippen LogP contribution is 2.53. The number of allylic oxidation sites excluding steroid dienone is 2. The van der Waals surface area contributed by atoms with Crippen LogP contribution in [0.4, 0.5) is 11.4 Å². The second kappa shape index (κ2) is 8.44. The molecule has 0 saturated heterocycles. The average Bonchev–Trinajstić information content (AvgIpc) is 3.02. The van der Waals surface area contributed by atoms with Gasteiger partial charge in [-0.3, -0.25) is 24.5 Å². The van der Waals surface area contributed by atoms with Crippen LogP contribution in [0.2, 0.25) is 0 Å². The summed E-state index contributed by atoms with van der Waals surface area (Å²) in [5.74, 6) is -2.89. The van der Waals surface area contributed by atoms with Crippen LogP contribution in [0.1, 0.15) is 24.5 Å². The number of Topliss-reactive ketones (excluding diaryl/α,β-unsaturated/α-hetero) is 1. The Morgan fingerprint density at radius 1 is 1.24 bits per heavy atom. The van der Waals surface area contributed by atoms with Crippen molar-refractivity contribution in [1.82, 2.24) is 0 Å². The summed E-state index contributed by atoms with van der Waals surface area (Å²) in [6.07, 6.45) is -0.0554. The molecule has 4 rings (SSSR count). The highest BCUT2D eigenvalue weighted by molar-refractivity contribution is 6.37. The molecular weight excluding hydrogens is 448 g/mol. The Labute approximate surface area is 194 Å².